The van der Waals surface area contributed by atoms with E-state index < -0.39 is 10.8 Å². The Kier molecular flexibility index (Phi) is 4.11. The molecule has 1 unspecified atom stereocenters. The van der Waals surface area contributed by atoms with Gasteiger partial charge in [0, 0.05) is 40.3 Å². The Balaban J connectivity index is 2.09. The molecule has 1 atom stereocenters. The highest BCUT2D eigenvalue weighted by Crippen LogP contribution is 2.11. The van der Waals surface area contributed by atoms with Gasteiger partial charge in [0.2, 0.25) is 0 Å². The highest BCUT2D eigenvalue weighted by atomic mass is 32.2. The minimum Gasteiger partial charge on any atom is -0.319 e. The van der Waals surface area contributed by atoms with Crippen LogP contribution in [0.1, 0.15) is 17.3 Å². The minimum atomic E-state index is -1.03. The summed E-state index contributed by atoms with van der Waals surface area (Å²) in [4.78, 5) is 12.7. The number of rotatable bonds is 4. The van der Waals surface area contributed by atoms with Crippen molar-refractivity contribution < 1.29 is 9.00 Å². The van der Waals surface area contributed by atoms with E-state index in [9.17, 15) is 9.00 Å². The molecule has 2 rings (SSSR count). The smallest absolute Gasteiger partial charge is 0.255 e. The number of nitrogens with zero attached hydrogens (tertiary/aromatic N) is 2. The fourth-order valence-electron chi connectivity index (χ4n) is 1.60. The largest absolute Gasteiger partial charge is 0.319 e. The average Bonchev–Trinajstić information content (AvgIpc) is 2.86. The zero-order valence-corrected chi connectivity index (χ0v) is 11.6. The lowest BCUT2D eigenvalue weighted by atomic mass is 10.2. The van der Waals surface area contributed by atoms with Gasteiger partial charge in [0.05, 0.1) is 11.9 Å². The standard InChI is InChI=1S/C13H15N3O2S/c1-3-16-9-11(8-14-16)15-13(17)10-4-6-12(7-5-10)19(2)18/h4-9H,3H2,1-2H3,(H,15,17). The lowest BCUT2D eigenvalue weighted by Gasteiger charge is -2.03. The van der Waals surface area contributed by atoms with Crippen molar-refractivity contribution in [2.24, 2.45) is 0 Å². The third kappa shape index (κ3) is 3.29. The Morgan fingerprint density at radius 1 is 1.37 bits per heavy atom. The van der Waals surface area contributed by atoms with Crippen molar-refractivity contribution in [3.05, 3.63) is 42.2 Å². The zero-order valence-electron chi connectivity index (χ0n) is 10.8. The van der Waals surface area contributed by atoms with E-state index in [0.29, 0.717) is 16.1 Å². The van der Waals surface area contributed by atoms with E-state index in [2.05, 4.69) is 10.4 Å². The van der Waals surface area contributed by atoms with Crippen LogP contribution < -0.4 is 5.32 Å². The summed E-state index contributed by atoms with van der Waals surface area (Å²) >= 11 is 0. The first-order valence-corrected chi connectivity index (χ1v) is 7.43. The van der Waals surface area contributed by atoms with E-state index in [1.807, 2.05) is 6.92 Å². The summed E-state index contributed by atoms with van der Waals surface area (Å²) in [5, 5.41) is 6.84. The predicted octanol–water partition coefficient (Wildman–Crippen LogP) is 1.89. The van der Waals surface area contributed by atoms with Crippen molar-refractivity contribution in [1.29, 1.82) is 0 Å². The molecule has 6 heteroatoms. The van der Waals surface area contributed by atoms with Crippen LogP contribution >= 0.6 is 0 Å². The summed E-state index contributed by atoms with van der Waals surface area (Å²) in [5.41, 5.74) is 1.19. The van der Waals surface area contributed by atoms with Crippen LogP contribution in [0.3, 0.4) is 0 Å². The summed E-state index contributed by atoms with van der Waals surface area (Å²) in [6.07, 6.45) is 4.98. The third-order valence-corrected chi connectivity index (χ3v) is 3.60. The number of nitrogens with one attached hydrogen (secondary N) is 1. The normalized spacial score (nSPS) is 12.1. The molecule has 0 saturated carbocycles. The second-order valence-electron chi connectivity index (χ2n) is 4.02. The van der Waals surface area contributed by atoms with Crippen molar-refractivity contribution in [1.82, 2.24) is 9.78 Å². The molecule has 100 valence electrons. The Labute approximate surface area is 114 Å². The van der Waals surface area contributed by atoms with Gasteiger partial charge >= 0.3 is 0 Å². The number of amides is 1. The number of hydrogen-bond donors (Lipinski definition) is 1. The predicted molar refractivity (Wildman–Crippen MR) is 74.6 cm³/mol. The molecule has 0 aliphatic carbocycles. The number of carbonyl (C=O) groups is 1. The van der Waals surface area contributed by atoms with E-state index in [-0.39, 0.29) is 5.91 Å². The Morgan fingerprint density at radius 3 is 2.58 bits per heavy atom. The molecule has 1 aromatic carbocycles. The quantitative estimate of drug-likeness (QED) is 0.928. The van der Waals surface area contributed by atoms with Gasteiger partial charge in [-0.25, -0.2) is 0 Å². The van der Waals surface area contributed by atoms with E-state index >= 15 is 0 Å². The molecule has 2 aromatic rings. The average molecular weight is 277 g/mol. The van der Waals surface area contributed by atoms with E-state index in [1.165, 1.54) is 0 Å². The Hall–Kier alpha value is -1.95. The second kappa shape index (κ2) is 5.79. The molecule has 0 radical (unpaired) electrons. The van der Waals surface area contributed by atoms with Crippen molar-refractivity contribution in [3.63, 3.8) is 0 Å². The number of benzene rings is 1. The highest BCUT2D eigenvalue weighted by Gasteiger charge is 2.08. The zero-order chi connectivity index (χ0) is 13.8. The van der Waals surface area contributed by atoms with Gasteiger partial charge in [-0.3, -0.25) is 13.7 Å². The van der Waals surface area contributed by atoms with E-state index in [4.69, 9.17) is 0 Å². The molecule has 1 aromatic heterocycles. The monoisotopic (exact) mass is 277 g/mol. The van der Waals surface area contributed by atoms with Crippen LogP contribution in [0, 0.1) is 0 Å². The maximum Gasteiger partial charge on any atom is 0.255 e. The maximum atomic E-state index is 12.0. The summed E-state index contributed by atoms with van der Waals surface area (Å²) < 4.78 is 13.0. The van der Waals surface area contributed by atoms with Gasteiger partial charge in [-0.1, -0.05) is 0 Å². The summed E-state index contributed by atoms with van der Waals surface area (Å²) in [6, 6.07) is 6.72. The molecule has 0 aliphatic rings. The molecule has 0 fully saturated rings. The molecular weight excluding hydrogens is 262 g/mol. The fraction of sp³-hybridized carbons (Fsp3) is 0.231. The topological polar surface area (TPSA) is 64.0 Å². The van der Waals surface area contributed by atoms with Gasteiger partial charge < -0.3 is 5.32 Å². The lowest BCUT2D eigenvalue weighted by Crippen LogP contribution is -2.11. The second-order valence-corrected chi connectivity index (χ2v) is 5.40. The number of hydrogen-bond acceptors (Lipinski definition) is 3. The van der Waals surface area contributed by atoms with Crippen molar-refractivity contribution in [2.45, 2.75) is 18.4 Å². The molecule has 0 saturated heterocycles. The van der Waals surface area contributed by atoms with Crippen LogP contribution in [-0.4, -0.2) is 26.2 Å². The van der Waals surface area contributed by atoms with Crippen LogP contribution in [0.15, 0.2) is 41.6 Å². The molecular formula is C13H15N3O2S. The fourth-order valence-corrected chi connectivity index (χ4v) is 2.12. The molecule has 5 nitrogen and oxygen atoms in total. The first kappa shape index (κ1) is 13.5. The van der Waals surface area contributed by atoms with Crippen molar-refractivity contribution in [2.75, 3.05) is 11.6 Å². The minimum absolute atomic E-state index is 0.205. The lowest BCUT2D eigenvalue weighted by molar-refractivity contribution is 0.102. The molecule has 1 amide bonds. The van der Waals surface area contributed by atoms with Crippen LogP contribution in [-0.2, 0) is 17.3 Å². The maximum absolute atomic E-state index is 12.0. The SMILES string of the molecule is CCn1cc(NC(=O)c2ccc(S(C)=O)cc2)cn1. The van der Waals surface area contributed by atoms with Gasteiger partial charge in [-0.15, -0.1) is 0 Å². The Bertz CT molecular complexity index is 605. The van der Waals surface area contributed by atoms with Gasteiger partial charge in [-0.2, -0.15) is 5.10 Å². The van der Waals surface area contributed by atoms with Crippen LogP contribution in [0.25, 0.3) is 0 Å². The molecule has 19 heavy (non-hydrogen) atoms. The van der Waals surface area contributed by atoms with Crippen molar-refractivity contribution >= 4 is 22.4 Å². The number of carbonyl (C=O) groups excluding carboxylic acids is 1. The number of anilines is 1. The van der Waals surface area contributed by atoms with Crippen LogP contribution in [0.2, 0.25) is 0 Å². The van der Waals surface area contributed by atoms with Gasteiger partial charge in [0.25, 0.3) is 5.91 Å². The van der Waals surface area contributed by atoms with Gasteiger partial charge in [-0.05, 0) is 31.2 Å². The van der Waals surface area contributed by atoms with Crippen LogP contribution in [0.5, 0.6) is 0 Å². The van der Waals surface area contributed by atoms with Gasteiger partial charge in [0.1, 0.15) is 0 Å². The van der Waals surface area contributed by atoms with Gasteiger partial charge in [0.15, 0.2) is 0 Å². The summed E-state index contributed by atoms with van der Waals surface area (Å²) in [7, 11) is -1.03. The first-order chi connectivity index (χ1) is 9.10. The molecule has 0 bridgehead atoms. The third-order valence-electron chi connectivity index (χ3n) is 2.66. The molecule has 1 N–H and O–H groups in total. The summed E-state index contributed by atoms with van der Waals surface area (Å²) in [6.45, 7) is 2.73. The molecule has 1 heterocycles. The number of aromatic nitrogens is 2. The van der Waals surface area contributed by atoms with Crippen LogP contribution in [0.4, 0.5) is 5.69 Å². The number of aryl methyl sites for hydroxylation is 1. The highest BCUT2D eigenvalue weighted by molar-refractivity contribution is 7.84. The molecule has 0 spiro atoms. The Morgan fingerprint density at radius 2 is 2.05 bits per heavy atom. The first-order valence-electron chi connectivity index (χ1n) is 5.87. The molecule has 0 aliphatic heterocycles. The summed E-state index contributed by atoms with van der Waals surface area (Å²) in [5.74, 6) is -0.205. The van der Waals surface area contributed by atoms with Crippen molar-refractivity contribution in [3.8, 4) is 0 Å². The van der Waals surface area contributed by atoms with E-state index in [0.717, 1.165) is 6.54 Å². The van der Waals surface area contributed by atoms with E-state index in [1.54, 1.807) is 47.6 Å².